The highest BCUT2D eigenvalue weighted by atomic mass is 16.2. The summed E-state index contributed by atoms with van der Waals surface area (Å²) in [7, 11) is 0. The van der Waals surface area contributed by atoms with Crippen molar-refractivity contribution in [1.82, 2.24) is 10.2 Å². The second kappa shape index (κ2) is 7.09. The molecule has 1 heterocycles. The van der Waals surface area contributed by atoms with Gasteiger partial charge in [0.1, 0.15) is 0 Å². The fourth-order valence-electron chi connectivity index (χ4n) is 2.01. The summed E-state index contributed by atoms with van der Waals surface area (Å²) >= 11 is 0. The average molecular weight is 238 g/mol. The van der Waals surface area contributed by atoms with Gasteiger partial charge in [-0.15, -0.1) is 0 Å². The molecule has 1 aliphatic heterocycles. The molecule has 0 aliphatic carbocycles. The van der Waals surface area contributed by atoms with Crippen molar-refractivity contribution in [2.45, 2.75) is 45.6 Å². The van der Waals surface area contributed by atoms with Gasteiger partial charge in [-0.25, -0.2) is 0 Å². The van der Waals surface area contributed by atoms with Crippen molar-refractivity contribution in [3.05, 3.63) is 12.2 Å². The number of hydrogen-bond acceptors (Lipinski definition) is 2. The van der Waals surface area contributed by atoms with E-state index in [4.69, 9.17) is 0 Å². The van der Waals surface area contributed by atoms with Gasteiger partial charge in [-0.3, -0.25) is 9.59 Å². The van der Waals surface area contributed by atoms with E-state index in [1.807, 2.05) is 4.90 Å². The molecular formula is C13H22N2O2. The van der Waals surface area contributed by atoms with E-state index >= 15 is 0 Å². The Hall–Kier alpha value is -1.32. The third kappa shape index (κ3) is 4.59. The van der Waals surface area contributed by atoms with Crippen molar-refractivity contribution in [2.75, 3.05) is 13.1 Å². The summed E-state index contributed by atoms with van der Waals surface area (Å²) in [5, 5.41) is 2.65. The normalized spacial score (nSPS) is 18.5. The van der Waals surface area contributed by atoms with E-state index in [1.54, 1.807) is 0 Å². The molecule has 1 aliphatic rings. The van der Waals surface area contributed by atoms with Crippen molar-refractivity contribution < 1.29 is 9.59 Å². The lowest BCUT2D eigenvalue weighted by Gasteiger charge is -2.24. The molecule has 0 spiro atoms. The van der Waals surface area contributed by atoms with E-state index in [1.165, 1.54) is 6.92 Å². The van der Waals surface area contributed by atoms with Gasteiger partial charge in [-0.05, 0) is 6.42 Å². The largest absolute Gasteiger partial charge is 0.356 e. The Morgan fingerprint density at radius 1 is 1.47 bits per heavy atom. The highest BCUT2D eigenvalue weighted by Gasteiger charge is 2.23. The quantitative estimate of drug-likeness (QED) is 0.712. The SMILES string of the molecule is CCCCC1C=CCN1C(=O)CCNC(C)=O. The zero-order valence-electron chi connectivity index (χ0n) is 10.7. The van der Waals surface area contributed by atoms with Crippen molar-refractivity contribution >= 4 is 11.8 Å². The third-order valence-electron chi connectivity index (χ3n) is 2.95. The Labute approximate surface area is 103 Å². The number of rotatable bonds is 6. The molecule has 1 rings (SSSR count). The molecule has 0 radical (unpaired) electrons. The monoisotopic (exact) mass is 238 g/mol. The van der Waals surface area contributed by atoms with Crippen LogP contribution in [0.4, 0.5) is 0 Å². The van der Waals surface area contributed by atoms with Crippen LogP contribution in [0.1, 0.15) is 39.5 Å². The maximum Gasteiger partial charge on any atom is 0.225 e. The number of amides is 2. The van der Waals surface area contributed by atoms with Crippen molar-refractivity contribution in [1.29, 1.82) is 0 Å². The van der Waals surface area contributed by atoms with Crippen LogP contribution in [0.15, 0.2) is 12.2 Å². The maximum atomic E-state index is 11.9. The highest BCUT2D eigenvalue weighted by molar-refractivity contribution is 5.79. The molecular weight excluding hydrogens is 216 g/mol. The smallest absolute Gasteiger partial charge is 0.225 e. The number of unbranched alkanes of at least 4 members (excludes halogenated alkanes) is 1. The molecule has 4 nitrogen and oxygen atoms in total. The van der Waals surface area contributed by atoms with Crippen LogP contribution in [0, 0.1) is 0 Å². The highest BCUT2D eigenvalue weighted by Crippen LogP contribution is 2.16. The summed E-state index contributed by atoms with van der Waals surface area (Å²) in [5.74, 6) is 0.0460. The first kappa shape index (κ1) is 13.7. The van der Waals surface area contributed by atoms with E-state index in [2.05, 4.69) is 24.4 Å². The van der Waals surface area contributed by atoms with Crippen LogP contribution in [0.25, 0.3) is 0 Å². The first-order chi connectivity index (χ1) is 8.15. The van der Waals surface area contributed by atoms with Gasteiger partial charge in [0.2, 0.25) is 11.8 Å². The number of carbonyl (C=O) groups is 2. The van der Waals surface area contributed by atoms with Crippen LogP contribution in [0.2, 0.25) is 0 Å². The van der Waals surface area contributed by atoms with E-state index in [0.29, 0.717) is 19.5 Å². The first-order valence-corrected chi connectivity index (χ1v) is 6.35. The Balaban J connectivity index is 2.32. The molecule has 0 bridgehead atoms. The van der Waals surface area contributed by atoms with Crippen LogP contribution in [-0.4, -0.2) is 35.8 Å². The lowest BCUT2D eigenvalue weighted by molar-refractivity contribution is -0.131. The zero-order chi connectivity index (χ0) is 12.7. The van der Waals surface area contributed by atoms with E-state index in [9.17, 15) is 9.59 Å². The van der Waals surface area contributed by atoms with E-state index < -0.39 is 0 Å². The molecule has 1 N–H and O–H groups in total. The lowest BCUT2D eigenvalue weighted by Crippen LogP contribution is -2.38. The lowest BCUT2D eigenvalue weighted by atomic mass is 10.1. The standard InChI is InChI=1S/C13H22N2O2/c1-3-4-6-12-7-5-10-15(12)13(17)8-9-14-11(2)16/h5,7,12H,3-4,6,8-10H2,1-2H3,(H,14,16). The predicted molar refractivity (Wildman–Crippen MR) is 67.5 cm³/mol. The van der Waals surface area contributed by atoms with Gasteiger partial charge in [0, 0.05) is 26.4 Å². The number of carbonyl (C=O) groups excluding carboxylic acids is 2. The van der Waals surface area contributed by atoms with Crippen LogP contribution in [0.3, 0.4) is 0 Å². The van der Waals surface area contributed by atoms with Gasteiger partial charge >= 0.3 is 0 Å². The topological polar surface area (TPSA) is 49.4 Å². The molecule has 0 aromatic heterocycles. The second-order valence-electron chi connectivity index (χ2n) is 4.42. The fourth-order valence-corrected chi connectivity index (χ4v) is 2.01. The number of nitrogens with zero attached hydrogens (tertiary/aromatic N) is 1. The number of nitrogens with one attached hydrogen (secondary N) is 1. The summed E-state index contributed by atoms with van der Waals surface area (Å²) in [6, 6.07) is 0.264. The molecule has 0 fully saturated rings. The molecule has 96 valence electrons. The summed E-state index contributed by atoms with van der Waals surface area (Å²) in [6.45, 7) is 4.77. The summed E-state index contributed by atoms with van der Waals surface area (Å²) in [5.41, 5.74) is 0. The Morgan fingerprint density at radius 2 is 2.24 bits per heavy atom. The minimum absolute atomic E-state index is 0.0834. The van der Waals surface area contributed by atoms with Gasteiger partial charge in [-0.2, -0.15) is 0 Å². The zero-order valence-corrected chi connectivity index (χ0v) is 10.7. The molecule has 1 atom stereocenters. The van der Waals surface area contributed by atoms with Crippen LogP contribution in [-0.2, 0) is 9.59 Å². The Kier molecular flexibility index (Phi) is 5.73. The van der Waals surface area contributed by atoms with Crippen molar-refractivity contribution in [3.63, 3.8) is 0 Å². The van der Waals surface area contributed by atoms with E-state index in [-0.39, 0.29) is 17.9 Å². The minimum atomic E-state index is -0.0834. The Morgan fingerprint density at radius 3 is 2.88 bits per heavy atom. The second-order valence-corrected chi connectivity index (χ2v) is 4.42. The minimum Gasteiger partial charge on any atom is -0.356 e. The molecule has 4 heteroatoms. The predicted octanol–water partition coefficient (Wildman–Crippen LogP) is 1.47. The van der Waals surface area contributed by atoms with E-state index in [0.717, 1.165) is 19.3 Å². The van der Waals surface area contributed by atoms with Gasteiger partial charge in [0.15, 0.2) is 0 Å². The molecule has 2 amide bonds. The van der Waals surface area contributed by atoms with Gasteiger partial charge in [0.25, 0.3) is 0 Å². The first-order valence-electron chi connectivity index (χ1n) is 6.35. The van der Waals surface area contributed by atoms with Crippen LogP contribution in [0.5, 0.6) is 0 Å². The summed E-state index contributed by atoms with van der Waals surface area (Å²) in [6.07, 6.45) is 7.90. The van der Waals surface area contributed by atoms with Crippen LogP contribution < -0.4 is 5.32 Å². The van der Waals surface area contributed by atoms with Crippen molar-refractivity contribution in [3.8, 4) is 0 Å². The molecule has 1 unspecified atom stereocenters. The van der Waals surface area contributed by atoms with Gasteiger partial charge in [-0.1, -0.05) is 31.9 Å². The van der Waals surface area contributed by atoms with Crippen LogP contribution >= 0.6 is 0 Å². The molecule has 0 saturated carbocycles. The van der Waals surface area contributed by atoms with Crippen molar-refractivity contribution in [2.24, 2.45) is 0 Å². The fraction of sp³-hybridized carbons (Fsp3) is 0.692. The molecule has 0 aromatic carbocycles. The molecule has 17 heavy (non-hydrogen) atoms. The third-order valence-corrected chi connectivity index (χ3v) is 2.95. The Bertz CT molecular complexity index is 300. The van der Waals surface area contributed by atoms with Gasteiger partial charge in [0.05, 0.1) is 6.04 Å². The molecule has 0 saturated heterocycles. The maximum absolute atomic E-state index is 11.9. The average Bonchev–Trinajstić information content (AvgIpc) is 2.73. The summed E-state index contributed by atoms with van der Waals surface area (Å²) in [4.78, 5) is 24.5. The summed E-state index contributed by atoms with van der Waals surface area (Å²) < 4.78 is 0. The molecule has 0 aromatic rings. The number of hydrogen-bond donors (Lipinski definition) is 1. The van der Waals surface area contributed by atoms with Gasteiger partial charge < -0.3 is 10.2 Å².